The van der Waals surface area contributed by atoms with Gasteiger partial charge >= 0.3 is 0 Å². The lowest BCUT2D eigenvalue weighted by Crippen LogP contribution is -1.94. The molecule has 2 nitrogen and oxygen atoms in total. The molecule has 2 heteroatoms. The minimum atomic E-state index is 0.861. The zero-order valence-electron chi connectivity index (χ0n) is 10.2. The number of unbranched alkanes of at least 4 members (excludes halogenated alkanes) is 1. The molecule has 0 amide bonds. The third-order valence-corrected chi connectivity index (χ3v) is 3.06. The van der Waals surface area contributed by atoms with Crippen LogP contribution < -0.4 is 4.74 Å². The van der Waals surface area contributed by atoms with Crippen LogP contribution in [0.2, 0.25) is 0 Å². The van der Waals surface area contributed by atoms with E-state index in [-0.39, 0.29) is 0 Å². The topological polar surface area (TPSA) is 22.4 Å². The van der Waals surface area contributed by atoms with Gasteiger partial charge in [0.25, 0.3) is 0 Å². The van der Waals surface area contributed by atoms with Crippen molar-refractivity contribution < 1.29 is 9.15 Å². The Labute approximate surface area is 96.2 Å². The highest BCUT2D eigenvalue weighted by molar-refractivity contribution is 5.85. The number of rotatable bonds is 4. The Balaban J connectivity index is 2.52. The maximum atomic E-state index is 5.46. The summed E-state index contributed by atoms with van der Waals surface area (Å²) in [6, 6.07) is 4.21. The highest BCUT2D eigenvalue weighted by Gasteiger charge is 2.12. The number of furan rings is 1. The molecule has 1 aromatic carbocycles. The number of ether oxygens (including phenoxy) is 1. The molecule has 0 saturated heterocycles. The van der Waals surface area contributed by atoms with Crippen molar-refractivity contribution in [2.45, 2.75) is 33.1 Å². The van der Waals surface area contributed by atoms with Crippen molar-refractivity contribution in [2.75, 3.05) is 7.11 Å². The van der Waals surface area contributed by atoms with E-state index in [9.17, 15) is 0 Å². The number of hydrogen-bond donors (Lipinski definition) is 0. The van der Waals surface area contributed by atoms with Crippen LogP contribution in [-0.4, -0.2) is 7.11 Å². The van der Waals surface area contributed by atoms with Crippen molar-refractivity contribution in [1.29, 1.82) is 0 Å². The van der Waals surface area contributed by atoms with E-state index in [1.807, 2.05) is 6.07 Å². The first-order chi connectivity index (χ1) is 7.77. The molecule has 0 aliphatic heterocycles. The summed E-state index contributed by atoms with van der Waals surface area (Å²) in [6.07, 6.45) is 5.26. The molecular formula is C14H18O2. The predicted molar refractivity (Wildman–Crippen MR) is 66.1 cm³/mol. The Kier molecular flexibility index (Phi) is 3.18. The smallest absolute Gasteiger partial charge is 0.175 e. The lowest BCUT2D eigenvalue weighted by molar-refractivity contribution is 0.406. The Morgan fingerprint density at radius 1 is 1.38 bits per heavy atom. The Morgan fingerprint density at radius 2 is 2.19 bits per heavy atom. The van der Waals surface area contributed by atoms with Gasteiger partial charge in [-0.3, -0.25) is 0 Å². The van der Waals surface area contributed by atoms with E-state index >= 15 is 0 Å². The van der Waals surface area contributed by atoms with E-state index in [1.54, 1.807) is 13.4 Å². The minimum Gasteiger partial charge on any atom is -0.493 e. The number of methoxy groups -OCH3 is 1. The summed E-state index contributed by atoms with van der Waals surface area (Å²) < 4.78 is 10.9. The van der Waals surface area contributed by atoms with Crippen LogP contribution in [0.5, 0.6) is 5.75 Å². The average Bonchev–Trinajstić information content (AvgIpc) is 2.74. The van der Waals surface area contributed by atoms with Crippen LogP contribution in [0, 0.1) is 6.92 Å². The second kappa shape index (κ2) is 4.60. The second-order valence-corrected chi connectivity index (χ2v) is 4.14. The second-order valence-electron chi connectivity index (χ2n) is 4.14. The lowest BCUT2D eigenvalue weighted by atomic mass is 10.00. The van der Waals surface area contributed by atoms with Gasteiger partial charge in [0.15, 0.2) is 11.3 Å². The van der Waals surface area contributed by atoms with Crippen molar-refractivity contribution >= 4 is 11.0 Å². The highest BCUT2D eigenvalue weighted by Crippen LogP contribution is 2.33. The maximum absolute atomic E-state index is 5.46. The van der Waals surface area contributed by atoms with E-state index in [1.165, 1.54) is 24.0 Å². The molecule has 0 N–H and O–H groups in total. The van der Waals surface area contributed by atoms with Crippen LogP contribution in [0.15, 0.2) is 22.8 Å². The summed E-state index contributed by atoms with van der Waals surface area (Å²) in [5.41, 5.74) is 3.44. The molecule has 2 aromatic rings. The molecule has 0 saturated carbocycles. The van der Waals surface area contributed by atoms with E-state index in [0.717, 1.165) is 23.1 Å². The van der Waals surface area contributed by atoms with Gasteiger partial charge < -0.3 is 9.15 Å². The van der Waals surface area contributed by atoms with Crippen LogP contribution in [0.4, 0.5) is 0 Å². The normalized spacial score (nSPS) is 10.9. The molecule has 86 valence electrons. The minimum absolute atomic E-state index is 0.861. The van der Waals surface area contributed by atoms with Gasteiger partial charge in [-0.1, -0.05) is 13.3 Å². The zero-order chi connectivity index (χ0) is 11.5. The summed E-state index contributed by atoms with van der Waals surface area (Å²) in [7, 11) is 1.70. The van der Waals surface area contributed by atoms with Crippen LogP contribution in [0.3, 0.4) is 0 Å². The lowest BCUT2D eigenvalue weighted by Gasteiger charge is -2.10. The van der Waals surface area contributed by atoms with E-state index in [0.29, 0.717) is 0 Å². The van der Waals surface area contributed by atoms with Crippen LogP contribution >= 0.6 is 0 Å². The molecular weight excluding hydrogens is 200 g/mol. The fourth-order valence-corrected chi connectivity index (χ4v) is 2.10. The van der Waals surface area contributed by atoms with Crippen LogP contribution in [0.25, 0.3) is 11.0 Å². The van der Waals surface area contributed by atoms with Crippen LogP contribution in [0.1, 0.15) is 30.9 Å². The van der Waals surface area contributed by atoms with Gasteiger partial charge in [-0.15, -0.1) is 0 Å². The molecule has 1 heterocycles. The van der Waals surface area contributed by atoms with E-state index in [2.05, 4.69) is 19.9 Å². The quantitative estimate of drug-likeness (QED) is 0.771. The van der Waals surface area contributed by atoms with Crippen molar-refractivity contribution in [1.82, 2.24) is 0 Å². The van der Waals surface area contributed by atoms with Gasteiger partial charge in [0.1, 0.15) is 0 Å². The molecule has 0 fully saturated rings. The third-order valence-electron chi connectivity index (χ3n) is 3.06. The molecule has 1 aromatic heterocycles. The first-order valence-corrected chi connectivity index (χ1v) is 5.81. The standard InChI is InChI=1S/C14H18O2/c1-4-5-6-11-9-12-7-8-16-14(12)13(15-3)10(11)2/h7-9H,4-6H2,1-3H3. The van der Waals surface area contributed by atoms with E-state index < -0.39 is 0 Å². The fraction of sp³-hybridized carbons (Fsp3) is 0.429. The van der Waals surface area contributed by atoms with Gasteiger partial charge in [0.05, 0.1) is 13.4 Å². The molecule has 0 aliphatic carbocycles. The number of aryl methyl sites for hydroxylation is 1. The van der Waals surface area contributed by atoms with Crippen molar-refractivity contribution in [3.8, 4) is 5.75 Å². The molecule has 0 aliphatic rings. The van der Waals surface area contributed by atoms with Crippen molar-refractivity contribution in [3.05, 3.63) is 29.5 Å². The van der Waals surface area contributed by atoms with Crippen molar-refractivity contribution in [3.63, 3.8) is 0 Å². The molecule has 0 bridgehead atoms. The number of hydrogen-bond acceptors (Lipinski definition) is 2. The first kappa shape index (κ1) is 11.1. The summed E-state index contributed by atoms with van der Waals surface area (Å²) in [5.74, 6) is 0.883. The largest absolute Gasteiger partial charge is 0.493 e. The SMILES string of the molecule is CCCCc1cc2ccoc2c(OC)c1C. The number of fused-ring (bicyclic) bond motifs is 1. The molecule has 0 spiro atoms. The van der Waals surface area contributed by atoms with Crippen LogP contribution in [-0.2, 0) is 6.42 Å². The Morgan fingerprint density at radius 3 is 2.88 bits per heavy atom. The summed E-state index contributed by atoms with van der Waals surface area (Å²) in [4.78, 5) is 0. The fourth-order valence-electron chi connectivity index (χ4n) is 2.10. The Bertz CT molecular complexity index is 483. The van der Waals surface area contributed by atoms with Gasteiger partial charge in [0.2, 0.25) is 0 Å². The molecule has 0 atom stereocenters. The average molecular weight is 218 g/mol. The summed E-state index contributed by atoms with van der Waals surface area (Å²) in [6.45, 7) is 4.31. The maximum Gasteiger partial charge on any atom is 0.175 e. The Hall–Kier alpha value is -1.44. The predicted octanol–water partition coefficient (Wildman–Crippen LogP) is 4.09. The van der Waals surface area contributed by atoms with Gasteiger partial charge in [-0.05, 0) is 43.0 Å². The third kappa shape index (κ3) is 1.80. The molecule has 0 unspecified atom stereocenters. The van der Waals surface area contributed by atoms with Gasteiger partial charge in [0, 0.05) is 5.39 Å². The molecule has 2 rings (SSSR count). The molecule has 0 radical (unpaired) electrons. The summed E-state index contributed by atoms with van der Waals surface area (Å²) >= 11 is 0. The summed E-state index contributed by atoms with van der Waals surface area (Å²) in [5, 5.41) is 1.13. The first-order valence-electron chi connectivity index (χ1n) is 5.81. The van der Waals surface area contributed by atoms with Crippen molar-refractivity contribution in [2.24, 2.45) is 0 Å². The number of benzene rings is 1. The monoisotopic (exact) mass is 218 g/mol. The van der Waals surface area contributed by atoms with E-state index in [4.69, 9.17) is 9.15 Å². The zero-order valence-corrected chi connectivity index (χ0v) is 10.2. The molecule has 16 heavy (non-hydrogen) atoms. The van der Waals surface area contributed by atoms with Gasteiger partial charge in [-0.25, -0.2) is 0 Å². The van der Waals surface area contributed by atoms with Gasteiger partial charge in [-0.2, -0.15) is 0 Å². The highest BCUT2D eigenvalue weighted by atomic mass is 16.5.